The van der Waals surface area contributed by atoms with Crippen LogP contribution in [0.1, 0.15) is 16.8 Å². The van der Waals surface area contributed by atoms with E-state index < -0.39 is 0 Å². The fourth-order valence-electron chi connectivity index (χ4n) is 1.58. The molecule has 0 saturated heterocycles. The molecule has 0 saturated carbocycles. The van der Waals surface area contributed by atoms with Crippen molar-refractivity contribution >= 4 is 21.6 Å². The van der Waals surface area contributed by atoms with Crippen molar-refractivity contribution in [3.63, 3.8) is 0 Å². The van der Waals surface area contributed by atoms with Gasteiger partial charge in [0.1, 0.15) is 5.75 Å². The smallest absolute Gasteiger partial charge is 0.119 e. The number of benzene rings is 1. The number of rotatable bonds is 1. The molecule has 0 amide bonds. The number of hydrogen-bond donors (Lipinski definition) is 1. The van der Waals surface area contributed by atoms with Crippen molar-refractivity contribution in [2.75, 3.05) is 19.0 Å². The Morgan fingerprint density at radius 2 is 2.38 bits per heavy atom. The highest BCUT2D eigenvalue weighted by Gasteiger charge is 2.17. The molecule has 0 fully saturated rings. The summed E-state index contributed by atoms with van der Waals surface area (Å²) in [5.74, 6) is 0.923. The van der Waals surface area contributed by atoms with Gasteiger partial charge in [0.05, 0.1) is 7.11 Å². The van der Waals surface area contributed by atoms with Crippen LogP contribution < -0.4 is 10.1 Å². The van der Waals surface area contributed by atoms with Crippen molar-refractivity contribution in [1.29, 1.82) is 0 Å². The summed E-state index contributed by atoms with van der Waals surface area (Å²) >= 11 is 3.65. The molecule has 1 N–H and O–H groups in total. The highest BCUT2D eigenvalue weighted by Crippen LogP contribution is 2.37. The maximum atomic E-state index is 5.18. The van der Waals surface area contributed by atoms with Gasteiger partial charge in [-0.1, -0.05) is 15.9 Å². The molecular formula is C10H12BrNO. The van der Waals surface area contributed by atoms with Crippen LogP contribution in [0.25, 0.3) is 0 Å². The van der Waals surface area contributed by atoms with Gasteiger partial charge in [-0.15, -0.1) is 0 Å². The van der Waals surface area contributed by atoms with Crippen LogP contribution in [0.5, 0.6) is 5.75 Å². The number of fused-ring (bicyclic) bond motifs is 1. The Morgan fingerprint density at radius 1 is 1.54 bits per heavy atom. The van der Waals surface area contributed by atoms with E-state index in [0.717, 1.165) is 18.7 Å². The predicted octanol–water partition coefficient (Wildman–Crippen LogP) is 2.95. The molecule has 1 aromatic rings. The van der Waals surface area contributed by atoms with Gasteiger partial charge in [0.15, 0.2) is 0 Å². The Labute approximate surface area is 86.4 Å². The van der Waals surface area contributed by atoms with Crippen LogP contribution in [0, 0.1) is 0 Å². The van der Waals surface area contributed by atoms with Gasteiger partial charge in [-0.05, 0) is 30.2 Å². The van der Waals surface area contributed by atoms with E-state index in [1.165, 1.54) is 11.3 Å². The first-order valence-corrected chi connectivity index (χ1v) is 5.28. The van der Waals surface area contributed by atoms with E-state index in [1.54, 1.807) is 7.11 Å². The number of hydrogen-bond acceptors (Lipinski definition) is 2. The van der Waals surface area contributed by atoms with Gasteiger partial charge in [0, 0.05) is 17.1 Å². The standard InChI is InChI=1S/C10H12BrNO/c1-13-7-2-3-10-8(6-7)9(11)4-5-12-10/h2-3,6,9,12H,4-5H2,1H3. The first-order chi connectivity index (χ1) is 6.31. The average Bonchev–Trinajstić information content (AvgIpc) is 2.18. The van der Waals surface area contributed by atoms with Gasteiger partial charge in [-0.3, -0.25) is 0 Å². The molecule has 1 aliphatic heterocycles. The number of nitrogens with one attached hydrogen (secondary N) is 1. The average molecular weight is 242 g/mol. The quantitative estimate of drug-likeness (QED) is 0.764. The van der Waals surface area contributed by atoms with Gasteiger partial charge in [0.2, 0.25) is 0 Å². The van der Waals surface area contributed by atoms with Crippen LogP contribution in [0.3, 0.4) is 0 Å². The second-order valence-corrected chi connectivity index (χ2v) is 4.24. The molecule has 3 heteroatoms. The number of ether oxygens (including phenoxy) is 1. The molecular weight excluding hydrogens is 230 g/mol. The normalized spacial score (nSPS) is 20.3. The summed E-state index contributed by atoms with van der Waals surface area (Å²) in [6, 6.07) is 6.14. The lowest BCUT2D eigenvalue weighted by molar-refractivity contribution is 0.414. The number of methoxy groups -OCH3 is 1. The molecule has 0 aromatic heterocycles. The summed E-state index contributed by atoms with van der Waals surface area (Å²) in [6.45, 7) is 1.04. The second-order valence-electron chi connectivity index (χ2n) is 3.14. The van der Waals surface area contributed by atoms with Crippen LogP contribution in [0.4, 0.5) is 5.69 Å². The molecule has 70 valence electrons. The molecule has 0 spiro atoms. The minimum Gasteiger partial charge on any atom is -0.497 e. The van der Waals surface area contributed by atoms with E-state index in [9.17, 15) is 0 Å². The summed E-state index contributed by atoms with van der Waals surface area (Å²) in [5, 5.41) is 3.36. The summed E-state index contributed by atoms with van der Waals surface area (Å²) < 4.78 is 5.18. The van der Waals surface area contributed by atoms with Crippen LogP contribution in [0.15, 0.2) is 18.2 Å². The summed E-state index contributed by atoms with van der Waals surface area (Å²) in [7, 11) is 1.70. The largest absolute Gasteiger partial charge is 0.497 e. The second kappa shape index (κ2) is 3.58. The molecule has 1 aromatic carbocycles. The molecule has 0 aliphatic carbocycles. The van der Waals surface area contributed by atoms with Crippen molar-refractivity contribution in [3.05, 3.63) is 23.8 Å². The van der Waals surface area contributed by atoms with E-state index in [-0.39, 0.29) is 0 Å². The third-order valence-electron chi connectivity index (χ3n) is 2.31. The van der Waals surface area contributed by atoms with Crippen LogP contribution >= 0.6 is 15.9 Å². The number of alkyl halides is 1. The van der Waals surface area contributed by atoms with Crippen molar-refractivity contribution in [2.24, 2.45) is 0 Å². The minimum atomic E-state index is 0.457. The molecule has 13 heavy (non-hydrogen) atoms. The molecule has 2 rings (SSSR count). The number of halogens is 1. The van der Waals surface area contributed by atoms with E-state index in [4.69, 9.17) is 4.74 Å². The van der Waals surface area contributed by atoms with Crippen molar-refractivity contribution in [1.82, 2.24) is 0 Å². The zero-order valence-corrected chi connectivity index (χ0v) is 9.10. The molecule has 0 radical (unpaired) electrons. The zero-order valence-electron chi connectivity index (χ0n) is 7.51. The monoisotopic (exact) mass is 241 g/mol. The fraction of sp³-hybridized carbons (Fsp3) is 0.400. The van der Waals surface area contributed by atoms with Crippen LogP contribution in [-0.4, -0.2) is 13.7 Å². The summed E-state index contributed by atoms with van der Waals surface area (Å²) in [4.78, 5) is 0.457. The third-order valence-corrected chi connectivity index (χ3v) is 3.26. The fourth-order valence-corrected chi connectivity index (χ4v) is 2.18. The molecule has 1 atom stereocenters. The summed E-state index contributed by atoms with van der Waals surface area (Å²) in [6.07, 6.45) is 1.13. The van der Waals surface area contributed by atoms with E-state index in [2.05, 4.69) is 33.4 Å². The lowest BCUT2D eigenvalue weighted by Crippen LogP contribution is -2.13. The van der Waals surface area contributed by atoms with Crippen LogP contribution in [-0.2, 0) is 0 Å². The maximum Gasteiger partial charge on any atom is 0.119 e. The molecule has 1 heterocycles. The first-order valence-electron chi connectivity index (χ1n) is 4.37. The van der Waals surface area contributed by atoms with Gasteiger partial charge in [-0.2, -0.15) is 0 Å². The van der Waals surface area contributed by atoms with Crippen molar-refractivity contribution in [3.8, 4) is 5.75 Å². The SMILES string of the molecule is COc1ccc2c(c1)C(Br)CCN2. The maximum absolute atomic E-state index is 5.18. The molecule has 2 nitrogen and oxygen atoms in total. The Bertz CT molecular complexity index is 314. The lowest BCUT2D eigenvalue weighted by atomic mass is 10.0. The molecule has 0 bridgehead atoms. The third kappa shape index (κ3) is 1.66. The highest BCUT2D eigenvalue weighted by molar-refractivity contribution is 9.09. The molecule has 1 unspecified atom stereocenters. The minimum absolute atomic E-state index is 0.457. The topological polar surface area (TPSA) is 21.3 Å². The lowest BCUT2D eigenvalue weighted by Gasteiger charge is -2.22. The van der Waals surface area contributed by atoms with Gasteiger partial charge >= 0.3 is 0 Å². The van der Waals surface area contributed by atoms with Crippen molar-refractivity contribution in [2.45, 2.75) is 11.2 Å². The Kier molecular flexibility index (Phi) is 2.44. The summed E-state index contributed by atoms with van der Waals surface area (Å²) in [5.41, 5.74) is 2.51. The van der Waals surface area contributed by atoms with Gasteiger partial charge in [-0.25, -0.2) is 0 Å². The Hall–Kier alpha value is -0.700. The highest BCUT2D eigenvalue weighted by atomic mass is 79.9. The predicted molar refractivity (Wildman–Crippen MR) is 57.8 cm³/mol. The Balaban J connectivity index is 2.41. The van der Waals surface area contributed by atoms with Gasteiger partial charge in [0.25, 0.3) is 0 Å². The van der Waals surface area contributed by atoms with E-state index in [0.29, 0.717) is 4.83 Å². The number of anilines is 1. The first kappa shape index (κ1) is 8.88. The van der Waals surface area contributed by atoms with Crippen LogP contribution in [0.2, 0.25) is 0 Å². The molecule has 1 aliphatic rings. The van der Waals surface area contributed by atoms with E-state index in [1.807, 2.05) is 6.07 Å². The van der Waals surface area contributed by atoms with E-state index >= 15 is 0 Å². The Morgan fingerprint density at radius 3 is 3.15 bits per heavy atom. The van der Waals surface area contributed by atoms with Crippen molar-refractivity contribution < 1.29 is 4.74 Å². The zero-order chi connectivity index (χ0) is 9.26. The van der Waals surface area contributed by atoms with Gasteiger partial charge < -0.3 is 10.1 Å².